The van der Waals surface area contributed by atoms with Crippen LogP contribution in [0.2, 0.25) is 5.28 Å². The first-order valence-electron chi connectivity index (χ1n) is 6.31. The molecule has 0 radical (unpaired) electrons. The Bertz CT molecular complexity index is 568. The first-order valence-corrected chi connectivity index (χ1v) is 7.56. The molecule has 0 amide bonds. The van der Waals surface area contributed by atoms with Crippen LogP contribution >= 0.6 is 22.9 Å². The zero-order chi connectivity index (χ0) is 12.7. The van der Waals surface area contributed by atoms with Crippen LogP contribution in [0.15, 0.2) is 11.4 Å². The van der Waals surface area contributed by atoms with Crippen LogP contribution in [0.3, 0.4) is 0 Å². The van der Waals surface area contributed by atoms with Crippen LogP contribution in [0.4, 0.5) is 5.82 Å². The summed E-state index contributed by atoms with van der Waals surface area (Å²) in [5.74, 6) is 2.49. The number of hydrogen-bond acceptors (Lipinski definition) is 4. The SMILES string of the molecule is CC1CCN(c2nc(Cl)nc3sccc23)CC1C. The van der Waals surface area contributed by atoms with Crippen LogP contribution < -0.4 is 4.90 Å². The standard InChI is InChI=1S/C13H16ClN3S/c1-8-3-5-17(7-9(8)2)11-10-4-6-18-12(10)16-13(14)15-11/h4,6,8-9H,3,5,7H2,1-2H3. The molecule has 2 aromatic heterocycles. The van der Waals surface area contributed by atoms with Crippen molar-refractivity contribution in [1.29, 1.82) is 0 Å². The number of rotatable bonds is 1. The Kier molecular flexibility index (Phi) is 3.16. The summed E-state index contributed by atoms with van der Waals surface area (Å²) in [6, 6.07) is 2.09. The summed E-state index contributed by atoms with van der Waals surface area (Å²) in [6.07, 6.45) is 1.22. The van der Waals surface area contributed by atoms with E-state index in [0.717, 1.165) is 35.0 Å². The second-order valence-corrected chi connectivity index (χ2v) is 6.38. The molecular weight excluding hydrogens is 266 g/mol. The van der Waals surface area contributed by atoms with Gasteiger partial charge in [-0.2, -0.15) is 4.98 Å². The van der Waals surface area contributed by atoms with Gasteiger partial charge in [-0.3, -0.25) is 0 Å². The van der Waals surface area contributed by atoms with Crippen molar-refractivity contribution < 1.29 is 0 Å². The molecule has 5 heteroatoms. The molecule has 18 heavy (non-hydrogen) atoms. The molecular formula is C13H16ClN3S. The van der Waals surface area contributed by atoms with Crippen LogP contribution in [-0.2, 0) is 0 Å². The molecule has 0 spiro atoms. The first-order chi connectivity index (χ1) is 8.65. The number of piperidine rings is 1. The maximum atomic E-state index is 6.02. The molecule has 3 rings (SSSR count). The minimum Gasteiger partial charge on any atom is -0.356 e. The maximum absolute atomic E-state index is 6.02. The number of fused-ring (bicyclic) bond motifs is 1. The van der Waals surface area contributed by atoms with Crippen LogP contribution in [0.5, 0.6) is 0 Å². The topological polar surface area (TPSA) is 29.0 Å². The highest BCUT2D eigenvalue weighted by molar-refractivity contribution is 7.16. The average molecular weight is 282 g/mol. The van der Waals surface area contributed by atoms with Gasteiger partial charge in [-0.1, -0.05) is 13.8 Å². The molecule has 1 aliphatic rings. The van der Waals surface area contributed by atoms with Crippen molar-refractivity contribution in [3.05, 3.63) is 16.7 Å². The Balaban J connectivity index is 2.01. The van der Waals surface area contributed by atoms with Crippen LogP contribution in [0.1, 0.15) is 20.3 Å². The van der Waals surface area contributed by atoms with Gasteiger partial charge >= 0.3 is 0 Å². The normalized spacial score (nSPS) is 24.7. The minimum atomic E-state index is 0.353. The Morgan fingerprint density at radius 2 is 2.17 bits per heavy atom. The number of anilines is 1. The third-order valence-electron chi connectivity index (χ3n) is 3.91. The Morgan fingerprint density at radius 1 is 1.33 bits per heavy atom. The molecule has 0 bridgehead atoms. The van der Waals surface area contributed by atoms with Gasteiger partial charge in [-0.15, -0.1) is 11.3 Å². The fourth-order valence-electron chi connectivity index (χ4n) is 2.51. The lowest BCUT2D eigenvalue weighted by atomic mass is 9.88. The molecule has 1 fully saturated rings. The van der Waals surface area contributed by atoms with Gasteiger partial charge in [0.2, 0.25) is 5.28 Å². The van der Waals surface area contributed by atoms with Crippen LogP contribution in [0, 0.1) is 11.8 Å². The monoisotopic (exact) mass is 281 g/mol. The minimum absolute atomic E-state index is 0.353. The van der Waals surface area contributed by atoms with Crippen molar-refractivity contribution in [3.8, 4) is 0 Å². The van der Waals surface area contributed by atoms with Crippen molar-refractivity contribution in [2.24, 2.45) is 11.8 Å². The molecule has 3 heterocycles. The Labute approximate surface area is 116 Å². The second-order valence-electron chi connectivity index (χ2n) is 5.14. The zero-order valence-electron chi connectivity index (χ0n) is 10.6. The highest BCUT2D eigenvalue weighted by Crippen LogP contribution is 2.32. The van der Waals surface area contributed by atoms with Crippen LogP contribution in [-0.4, -0.2) is 23.1 Å². The fourth-order valence-corrected chi connectivity index (χ4v) is 3.48. The summed E-state index contributed by atoms with van der Waals surface area (Å²) in [7, 11) is 0. The van der Waals surface area contributed by atoms with Gasteiger partial charge in [0.25, 0.3) is 0 Å². The Morgan fingerprint density at radius 3 is 2.94 bits per heavy atom. The predicted octanol–water partition coefficient (Wildman–Crippen LogP) is 3.83. The van der Waals surface area contributed by atoms with E-state index < -0.39 is 0 Å². The van der Waals surface area contributed by atoms with E-state index in [-0.39, 0.29) is 0 Å². The Hall–Kier alpha value is -0.870. The summed E-state index contributed by atoms with van der Waals surface area (Å²) < 4.78 is 0. The van der Waals surface area contributed by atoms with E-state index in [9.17, 15) is 0 Å². The van der Waals surface area contributed by atoms with Gasteiger partial charge < -0.3 is 4.90 Å². The van der Waals surface area contributed by atoms with Gasteiger partial charge in [0.1, 0.15) is 10.6 Å². The smallest absolute Gasteiger partial charge is 0.225 e. The molecule has 0 N–H and O–H groups in total. The van der Waals surface area contributed by atoms with E-state index in [1.165, 1.54) is 6.42 Å². The molecule has 0 aliphatic carbocycles. The van der Waals surface area contributed by atoms with E-state index in [0.29, 0.717) is 11.2 Å². The molecule has 0 aromatic carbocycles. The van der Waals surface area contributed by atoms with Crippen molar-refractivity contribution in [2.75, 3.05) is 18.0 Å². The number of hydrogen-bond donors (Lipinski definition) is 0. The lowest BCUT2D eigenvalue weighted by Crippen LogP contribution is -2.39. The predicted molar refractivity (Wildman–Crippen MR) is 77.6 cm³/mol. The summed E-state index contributed by atoms with van der Waals surface area (Å²) >= 11 is 7.64. The molecule has 96 valence electrons. The molecule has 0 saturated carbocycles. The number of halogens is 1. The van der Waals surface area contributed by atoms with E-state index >= 15 is 0 Å². The van der Waals surface area contributed by atoms with Crippen molar-refractivity contribution in [3.63, 3.8) is 0 Å². The molecule has 1 aliphatic heterocycles. The van der Waals surface area contributed by atoms with E-state index in [4.69, 9.17) is 11.6 Å². The highest BCUT2D eigenvalue weighted by Gasteiger charge is 2.25. The number of nitrogens with zero attached hydrogens (tertiary/aromatic N) is 3. The first kappa shape index (κ1) is 12.2. The van der Waals surface area contributed by atoms with Crippen molar-refractivity contribution in [1.82, 2.24) is 9.97 Å². The third kappa shape index (κ3) is 2.08. The summed E-state index contributed by atoms with van der Waals surface area (Å²) in [6.45, 7) is 6.75. The van der Waals surface area contributed by atoms with Gasteiger partial charge in [-0.05, 0) is 41.3 Å². The maximum Gasteiger partial charge on any atom is 0.225 e. The average Bonchev–Trinajstić information content (AvgIpc) is 2.79. The molecule has 2 atom stereocenters. The fraction of sp³-hybridized carbons (Fsp3) is 0.538. The molecule has 1 saturated heterocycles. The van der Waals surface area contributed by atoms with Crippen molar-refractivity contribution in [2.45, 2.75) is 20.3 Å². The second kappa shape index (κ2) is 4.67. The summed E-state index contributed by atoms with van der Waals surface area (Å²) in [5, 5.41) is 3.53. The van der Waals surface area contributed by atoms with Gasteiger partial charge in [0, 0.05) is 13.1 Å². The van der Waals surface area contributed by atoms with E-state index in [1.54, 1.807) is 11.3 Å². The molecule has 2 aromatic rings. The molecule has 3 nitrogen and oxygen atoms in total. The van der Waals surface area contributed by atoms with Gasteiger partial charge in [0.05, 0.1) is 5.39 Å². The number of aromatic nitrogens is 2. The summed E-state index contributed by atoms with van der Waals surface area (Å²) in [4.78, 5) is 12.1. The highest BCUT2D eigenvalue weighted by atomic mass is 35.5. The van der Waals surface area contributed by atoms with E-state index in [2.05, 4.69) is 40.2 Å². The quantitative estimate of drug-likeness (QED) is 0.744. The largest absolute Gasteiger partial charge is 0.356 e. The van der Waals surface area contributed by atoms with Crippen LogP contribution in [0.25, 0.3) is 10.2 Å². The summed E-state index contributed by atoms with van der Waals surface area (Å²) in [5.41, 5.74) is 0. The number of thiophene rings is 1. The third-order valence-corrected chi connectivity index (χ3v) is 4.89. The van der Waals surface area contributed by atoms with Gasteiger partial charge in [0.15, 0.2) is 0 Å². The van der Waals surface area contributed by atoms with Crippen molar-refractivity contribution >= 4 is 39.0 Å². The lowest BCUT2D eigenvalue weighted by molar-refractivity contribution is 0.323. The lowest BCUT2D eigenvalue weighted by Gasteiger charge is -2.36. The van der Waals surface area contributed by atoms with Gasteiger partial charge in [-0.25, -0.2) is 4.98 Å². The molecule has 2 unspecified atom stereocenters. The van der Waals surface area contributed by atoms with E-state index in [1.807, 2.05) is 0 Å². The zero-order valence-corrected chi connectivity index (χ0v) is 12.1.